The van der Waals surface area contributed by atoms with Gasteiger partial charge < -0.3 is 10.1 Å². The van der Waals surface area contributed by atoms with Gasteiger partial charge in [-0.3, -0.25) is 20.2 Å². The first-order chi connectivity index (χ1) is 12.3. The predicted molar refractivity (Wildman–Crippen MR) is 110 cm³/mol. The van der Waals surface area contributed by atoms with Crippen molar-refractivity contribution in [3.05, 3.63) is 61.0 Å². The first-order valence-corrected chi connectivity index (χ1v) is 9.20. The molecule has 1 amide bonds. The molecule has 0 atom stereocenters. The molecule has 0 aliphatic carbocycles. The van der Waals surface area contributed by atoms with E-state index in [2.05, 4.69) is 42.5 Å². The third kappa shape index (κ3) is 5.48. The number of halogens is 2. The van der Waals surface area contributed by atoms with Crippen molar-refractivity contribution in [2.45, 2.75) is 6.92 Å². The third-order valence-corrected chi connectivity index (χ3v) is 4.57. The second kappa shape index (κ2) is 9.06. The third-order valence-electron chi connectivity index (χ3n) is 3.26. The summed E-state index contributed by atoms with van der Waals surface area (Å²) in [5.74, 6) is 0.0529. The fourth-order valence-electron chi connectivity index (χ4n) is 2.01. The Morgan fingerprint density at radius 3 is 2.69 bits per heavy atom. The minimum atomic E-state index is -0.480. The number of nitro benzene ring substituents is 1. The molecule has 2 aromatic carbocycles. The smallest absolute Gasteiger partial charge is 0.274 e. The number of thiocarbonyl (C=S) groups is 1. The molecule has 2 rings (SSSR count). The zero-order valence-corrected chi connectivity index (χ0v) is 17.4. The van der Waals surface area contributed by atoms with Crippen LogP contribution in [-0.2, 0) is 4.79 Å². The minimum Gasteiger partial charge on any atom is -0.483 e. The van der Waals surface area contributed by atoms with Crippen LogP contribution in [0, 0.1) is 17.0 Å². The van der Waals surface area contributed by atoms with E-state index in [1.165, 1.54) is 12.1 Å². The number of benzene rings is 2. The number of ether oxygens (including phenoxy) is 1. The van der Waals surface area contributed by atoms with Gasteiger partial charge in [0.25, 0.3) is 11.6 Å². The summed E-state index contributed by atoms with van der Waals surface area (Å²) in [5, 5.41) is 16.2. The molecule has 0 unspecified atom stereocenters. The van der Waals surface area contributed by atoms with Crippen LogP contribution >= 0.6 is 44.1 Å². The maximum absolute atomic E-state index is 12.0. The Kier molecular flexibility index (Phi) is 7.06. The number of hydrogen-bond acceptors (Lipinski definition) is 5. The van der Waals surface area contributed by atoms with Crippen LogP contribution in [0.2, 0.25) is 0 Å². The molecular weight excluding hydrogens is 490 g/mol. The maximum Gasteiger partial charge on any atom is 0.274 e. The summed E-state index contributed by atoms with van der Waals surface area (Å²) in [6, 6.07) is 9.86. The second-order valence-corrected chi connectivity index (χ2v) is 7.25. The van der Waals surface area contributed by atoms with Crippen LogP contribution in [-0.4, -0.2) is 22.5 Å². The number of nitrogens with one attached hydrogen (secondary N) is 2. The van der Waals surface area contributed by atoms with E-state index in [0.29, 0.717) is 21.5 Å². The zero-order chi connectivity index (χ0) is 19.3. The number of carbonyl (C=O) groups excluding carboxylic acids is 1. The van der Waals surface area contributed by atoms with Crippen molar-refractivity contribution < 1.29 is 14.5 Å². The van der Waals surface area contributed by atoms with Gasteiger partial charge in [-0.25, -0.2) is 0 Å². The highest BCUT2D eigenvalue weighted by atomic mass is 79.9. The molecular formula is C16H13Br2N3O4S. The van der Waals surface area contributed by atoms with Gasteiger partial charge in [-0.15, -0.1) is 0 Å². The molecule has 0 saturated heterocycles. The van der Waals surface area contributed by atoms with Crippen molar-refractivity contribution in [1.29, 1.82) is 0 Å². The monoisotopic (exact) mass is 501 g/mol. The summed E-state index contributed by atoms with van der Waals surface area (Å²) in [6.07, 6.45) is 0. The van der Waals surface area contributed by atoms with Crippen LogP contribution in [0.25, 0.3) is 0 Å². The Bertz CT molecular complexity index is 877. The molecule has 10 heteroatoms. The number of rotatable bonds is 5. The molecule has 0 bridgehead atoms. The van der Waals surface area contributed by atoms with Gasteiger partial charge in [0.1, 0.15) is 5.75 Å². The van der Waals surface area contributed by atoms with Crippen molar-refractivity contribution in [3.63, 3.8) is 0 Å². The van der Waals surface area contributed by atoms with Crippen LogP contribution in [0.15, 0.2) is 45.3 Å². The fraction of sp³-hybridized carbons (Fsp3) is 0.125. The average molecular weight is 503 g/mol. The van der Waals surface area contributed by atoms with Crippen molar-refractivity contribution >= 4 is 66.5 Å². The summed E-state index contributed by atoms with van der Waals surface area (Å²) in [6.45, 7) is 1.36. The molecule has 7 nitrogen and oxygen atoms in total. The van der Waals surface area contributed by atoms with E-state index in [0.717, 1.165) is 4.47 Å². The normalized spacial score (nSPS) is 10.1. The first-order valence-electron chi connectivity index (χ1n) is 7.20. The van der Waals surface area contributed by atoms with E-state index in [4.69, 9.17) is 17.0 Å². The average Bonchev–Trinajstić information content (AvgIpc) is 2.55. The van der Waals surface area contributed by atoms with Crippen LogP contribution in [0.4, 0.5) is 11.4 Å². The molecule has 0 aliphatic heterocycles. The van der Waals surface area contributed by atoms with Gasteiger partial charge in [-0.1, -0.05) is 22.0 Å². The van der Waals surface area contributed by atoms with Gasteiger partial charge in [-0.2, -0.15) is 0 Å². The highest BCUT2D eigenvalue weighted by Crippen LogP contribution is 2.28. The van der Waals surface area contributed by atoms with Gasteiger partial charge >= 0.3 is 0 Å². The highest BCUT2D eigenvalue weighted by molar-refractivity contribution is 9.11. The van der Waals surface area contributed by atoms with Gasteiger partial charge in [0.05, 0.1) is 20.6 Å². The van der Waals surface area contributed by atoms with Gasteiger partial charge in [-0.05, 0) is 59.3 Å². The predicted octanol–water partition coefficient (Wildman–Crippen LogP) is 4.32. The summed E-state index contributed by atoms with van der Waals surface area (Å²) in [7, 11) is 0. The molecule has 0 heterocycles. The minimum absolute atomic E-state index is 0.0251. The molecule has 26 heavy (non-hydrogen) atoms. The topological polar surface area (TPSA) is 93.5 Å². The number of nitrogens with zero attached hydrogens (tertiary/aromatic N) is 1. The molecule has 2 N–H and O–H groups in total. The number of hydrogen-bond donors (Lipinski definition) is 2. The quantitative estimate of drug-likeness (QED) is 0.359. The molecule has 0 spiro atoms. The maximum atomic E-state index is 12.0. The van der Waals surface area contributed by atoms with E-state index >= 15 is 0 Å². The molecule has 0 aromatic heterocycles. The summed E-state index contributed by atoms with van der Waals surface area (Å²) in [5.41, 5.74) is 0.831. The molecule has 0 radical (unpaired) electrons. The van der Waals surface area contributed by atoms with Gasteiger partial charge in [0.15, 0.2) is 11.7 Å². The Labute approximate surface area is 171 Å². The van der Waals surface area contributed by atoms with E-state index in [1.807, 2.05) is 0 Å². The summed E-state index contributed by atoms with van der Waals surface area (Å²) in [4.78, 5) is 22.4. The zero-order valence-electron chi connectivity index (χ0n) is 13.4. The number of nitro groups is 1. The molecule has 0 fully saturated rings. The van der Waals surface area contributed by atoms with Crippen molar-refractivity contribution in [1.82, 2.24) is 5.32 Å². The van der Waals surface area contributed by atoms with E-state index in [-0.39, 0.29) is 17.4 Å². The lowest BCUT2D eigenvalue weighted by atomic mass is 10.1. The molecule has 136 valence electrons. The Morgan fingerprint density at radius 2 is 2.04 bits per heavy atom. The molecule has 2 aromatic rings. The van der Waals surface area contributed by atoms with Crippen LogP contribution in [0.1, 0.15) is 5.56 Å². The van der Waals surface area contributed by atoms with Crippen LogP contribution in [0.3, 0.4) is 0 Å². The van der Waals surface area contributed by atoms with Crippen LogP contribution in [0.5, 0.6) is 5.75 Å². The molecule has 0 aliphatic rings. The Balaban J connectivity index is 1.92. The summed E-state index contributed by atoms with van der Waals surface area (Å²) < 4.78 is 7.00. The van der Waals surface area contributed by atoms with Crippen LogP contribution < -0.4 is 15.4 Å². The van der Waals surface area contributed by atoms with Gasteiger partial charge in [0.2, 0.25) is 0 Å². The highest BCUT2D eigenvalue weighted by Gasteiger charge is 2.14. The van der Waals surface area contributed by atoms with Crippen molar-refractivity contribution in [2.75, 3.05) is 11.9 Å². The van der Waals surface area contributed by atoms with Crippen molar-refractivity contribution in [2.24, 2.45) is 0 Å². The van der Waals surface area contributed by atoms with Crippen molar-refractivity contribution in [3.8, 4) is 5.75 Å². The Morgan fingerprint density at radius 1 is 1.31 bits per heavy atom. The standard InChI is InChI=1S/C16H13Br2N3O4S/c1-9-12(3-2-4-13(9)21(23)24)19-16(26)20-15(22)8-25-14-6-5-10(17)7-11(14)18/h2-7H,8H2,1H3,(H2,19,20,22,26). The fourth-order valence-corrected chi connectivity index (χ4v) is 3.39. The number of amides is 1. The number of anilines is 1. The largest absolute Gasteiger partial charge is 0.483 e. The van der Waals surface area contributed by atoms with E-state index in [9.17, 15) is 14.9 Å². The lowest BCUT2D eigenvalue weighted by Crippen LogP contribution is -2.37. The lowest BCUT2D eigenvalue weighted by Gasteiger charge is -2.12. The SMILES string of the molecule is Cc1c(NC(=S)NC(=O)COc2ccc(Br)cc2Br)cccc1[N+](=O)[O-]. The van der Waals surface area contributed by atoms with E-state index < -0.39 is 10.8 Å². The second-order valence-electron chi connectivity index (χ2n) is 5.07. The summed E-state index contributed by atoms with van der Waals surface area (Å²) >= 11 is 11.7. The lowest BCUT2D eigenvalue weighted by molar-refractivity contribution is -0.385. The Hall–Kier alpha value is -2.04. The first kappa shape index (κ1) is 20.3. The van der Waals surface area contributed by atoms with E-state index in [1.54, 1.807) is 31.2 Å². The van der Waals surface area contributed by atoms with Gasteiger partial charge in [0, 0.05) is 10.5 Å². The number of carbonyl (C=O) groups is 1. The molecule has 0 saturated carbocycles.